The maximum Gasteiger partial charge on any atom is 0.254 e. The number of benzene rings is 1. The van der Waals surface area contributed by atoms with Gasteiger partial charge in [0.15, 0.2) is 0 Å². The number of nitrogens with zero attached hydrogens (tertiary/aromatic N) is 2. The van der Waals surface area contributed by atoms with E-state index in [1.165, 1.54) is 0 Å². The van der Waals surface area contributed by atoms with Crippen molar-refractivity contribution in [2.24, 2.45) is 0 Å². The number of anilines is 1. The van der Waals surface area contributed by atoms with Crippen LogP contribution in [0.4, 0.5) is 5.69 Å². The van der Waals surface area contributed by atoms with Crippen molar-refractivity contribution < 1.29 is 9.59 Å². The smallest absolute Gasteiger partial charge is 0.254 e. The molecule has 2 rings (SSSR count). The van der Waals surface area contributed by atoms with Gasteiger partial charge in [0.25, 0.3) is 5.91 Å². The summed E-state index contributed by atoms with van der Waals surface area (Å²) in [7, 11) is 0. The van der Waals surface area contributed by atoms with Crippen LogP contribution in [0.5, 0.6) is 0 Å². The molecule has 1 heterocycles. The van der Waals surface area contributed by atoms with Crippen LogP contribution in [0.15, 0.2) is 18.2 Å². The minimum atomic E-state index is 0.00518. The second-order valence-corrected chi connectivity index (χ2v) is 5.45. The van der Waals surface area contributed by atoms with Gasteiger partial charge in [-0.05, 0) is 31.0 Å². The van der Waals surface area contributed by atoms with Gasteiger partial charge in [-0.1, -0.05) is 13.0 Å². The summed E-state index contributed by atoms with van der Waals surface area (Å²) in [5.74, 6) is 0.162. The van der Waals surface area contributed by atoms with Gasteiger partial charge in [0.1, 0.15) is 0 Å². The zero-order chi connectivity index (χ0) is 15.4. The highest BCUT2D eigenvalue weighted by atomic mass is 16.2. The standard InChI is InChI=1S/C16H23N3O2/c1-3-15(20)18-7-4-8-19(10-9-18)16(21)14-11-13(17)6-5-12(14)2/h5-6,11H,3-4,7-10,17H2,1-2H3. The Hall–Kier alpha value is -2.04. The summed E-state index contributed by atoms with van der Waals surface area (Å²) in [6.07, 6.45) is 1.33. The number of hydrogen-bond donors (Lipinski definition) is 1. The fraction of sp³-hybridized carbons (Fsp3) is 0.500. The van der Waals surface area contributed by atoms with E-state index in [1.54, 1.807) is 12.1 Å². The molecule has 0 aromatic heterocycles. The van der Waals surface area contributed by atoms with Gasteiger partial charge in [-0.3, -0.25) is 9.59 Å². The van der Waals surface area contributed by atoms with E-state index in [0.29, 0.717) is 37.3 Å². The van der Waals surface area contributed by atoms with Gasteiger partial charge in [0, 0.05) is 43.9 Å². The first-order chi connectivity index (χ1) is 10.0. The molecule has 114 valence electrons. The van der Waals surface area contributed by atoms with Crippen LogP contribution in [0.3, 0.4) is 0 Å². The van der Waals surface area contributed by atoms with E-state index in [0.717, 1.165) is 18.5 Å². The number of rotatable bonds is 2. The summed E-state index contributed by atoms with van der Waals surface area (Å²) in [5.41, 5.74) is 7.97. The van der Waals surface area contributed by atoms with Crippen molar-refractivity contribution in [2.75, 3.05) is 31.9 Å². The molecule has 0 unspecified atom stereocenters. The Morgan fingerprint density at radius 3 is 2.52 bits per heavy atom. The first-order valence-corrected chi connectivity index (χ1v) is 7.46. The van der Waals surface area contributed by atoms with Crippen LogP contribution < -0.4 is 5.73 Å². The van der Waals surface area contributed by atoms with E-state index >= 15 is 0 Å². The highest BCUT2D eigenvalue weighted by molar-refractivity contribution is 5.96. The minimum absolute atomic E-state index is 0.00518. The van der Waals surface area contributed by atoms with Gasteiger partial charge in [-0.25, -0.2) is 0 Å². The predicted molar refractivity (Wildman–Crippen MR) is 83.0 cm³/mol. The molecule has 1 aliphatic rings. The lowest BCUT2D eigenvalue weighted by Gasteiger charge is -2.22. The predicted octanol–water partition coefficient (Wildman–Crippen LogP) is 1.66. The zero-order valence-corrected chi connectivity index (χ0v) is 12.8. The first-order valence-electron chi connectivity index (χ1n) is 7.46. The number of nitrogens with two attached hydrogens (primary N) is 1. The molecule has 0 aliphatic carbocycles. The summed E-state index contributed by atoms with van der Waals surface area (Å²) < 4.78 is 0. The molecular weight excluding hydrogens is 266 g/mol. The monoisotopic (exact) mass is 289 g/mol. The number of amides is 2. The van der Waals surface area contributed by atoms with Crippen molar-refractivity contribution in [3.63, 3.8) is 0 Å². The van der Waals surface area contributed by atoms with Crippen LogP contribution in [0, 0.1) is 6.92 Å². The molecule has 5 heteroatoms. The molecule has 0 atom stereocenters. The van der Waals surface area contributed by atoms with Crippen LogP contribution in [0.1, 0.15) is 35.7 Å². The highest BCUT2D eigenvalue weighted by Gasteiger charge is 2.23. The number of carbonyl (C=O) groups is 2. The van der Waals surface area contributed by atoms with Gasteiger partial charge < -0.3 is 15.5 Å². The first kappa shape index (κ1) is 15.4. The Balaban J connectivity index is 2.10. The van der Waals surface area contributed by atoms with Crippen molar-refractivity contribution in [1.29, 1.82) is 0 Å². The van der Waals surface area contributed by atoms with Gasteiger partial charge >= 0.3 is 0 Å². The lowest BCUT2D eigenvalue weighted by molar-refractivity contribution is -0.130. The molecule has 1 aromatic rings. The molecule has 0 saturated carbocycles. The Labute approximate surface area is 125 Å². The van der Waals surface area contributed by atoms with Gasteiger partial charge in [0.2, 0.25) is 5.91 Å². The SMILES string of the molecule is CCC(=O)N1CCCN(C(=O)c2cc(N)ccc2C)CC1. The molecule has 1 fully saturated rings. The fourth-order valence-electron chi connectivity index (χ4n) is 2.63. The maximum absolute atomic E-state index is 12.6. The molecule has 2 amide bonds. The van der Waals surface area contributed by atoms with Crippen LogP contribution in [-0.2, 0) is 4.79 Å². The normalized spacial score (nSPS) is 15.7. The second-order valence-electron chi connectivity index (χ2n) is 5.45. The Bertz CT molecular complexity index is 542. The van der Waals surface area contributed by atoms with Crippen LogP contribution in [0.2, 0.25) is 0 Å². The van der Waals surface area contributed by atoms with Gasteiger partial charge in [-0.15, -0.1) is 0 Å². The fourth-order valence-corrected chi connectivity index (χ4v) is 2.63. The highest BCUT2D eigenvalue weighted by Crippen LogP contribution is 2.16. The van der Waals surface area contributed by atoms with Crippen LogP contribution in [0.25, 0.3) is 0 Å². The van der Waals surface area contributed by atoms with Crippen LogP contribution >= 0.6 is 0 Å². The van der Waals surface area contributed by atoms with Crippen molar-refractivity contribution in [3.05, 3.63) is 29.3 Å². The van der Waals surface area contributed by atoms with Gasteiger partial charge in [-0.2, -0.15) is 0 Å². The minimum Gasteiger partial charge on any atom is -0.399 e. The Morgan fingerprint density at radius 2 is 1.81 bits per heavy atom. The quantitative estimate of drug-likeness (QED) is 0.842. The maximum atomic E-state index is 12.6. The molecule has 21 heavy (non-hydrogen) atoms. The second kappa shape index (κ2) is 6.61. The summed E-state index contributed by atoms with van der Waals surface area (Å²) in [4.78, 5) is 28.1. The van der Waals surface area contributed by atoms with Crippen molar-refractivity contribution in [1.82, 2.24) is 9.80 Å². The molecule has 1 aromatic carbocycles. The van der Waals surface area contributed by atoms with E-state index in [-0.39, 0.29) is 11.8 Å². The topological polar surface area (TPSA) is 66.6 Å². The summed E-state index contributed by atoms with van der Waals surface area (Å²) in [6, 6.07) is 5.40. The lowest BCUT2D eigenvalue weighted by Crippen LogP contribution is -2.37. The number of hydrogen-bond acceptors (Lipinski definition) is 3. The van der Waals surface area contributed by atoms with Crippen molar-refractivity contribution >= 4 is 17.5 Å². The van der Waals surface area contributed by atoms with Crippen molar-refractivity contribution in [2.45, 2.75) is 26.7 Å². The third-order valence-corrected chi connectivity index (χ3v) is 3.93. The van der Waals surface area contributed by atoms with Crippen molar-refractivity contribution in [3.8, 4) is 0 Å². The average Bonchev–Trinajstić information content (AvgIpc) is 2.74. The van der Waals surface area contributed by atoms with Crippen LogP contribution in [-0.4, -0.2) is 47.8 Å². The average molecular weight is 289 g/mol. The third-order valence-electron chi connectivity index (χ3n) is 3.93. The lowest BCUT2D eigenvalue weighted by atomic mass is 10.1. The molecule has 0 bridgehead atoms. The molecule has 5 nitrogen and oxygen atoms in total. The molecule has 2 N–H and O–H groups in total. The summed E-state index contributed by atoms with van der Waals surface area (Å²) in [6.45, 7) is 6.38. The third kappa shape index (κ3) is 3.54. The van der Waals surface area contributed by atoms with E-state index in [1.807, 2.05) is 29.7 Å². The molecule has 0 radical (unpaired) electrons. The zero-order valence-electron chi connectivity index (χ0n) is 12.8. The molecular formula is C16H23N3O2. The number of nitrogen functional groups attached to an aromatic ring is 1. The van der Waals surface area contributed by atoms with E-state index in [9.17, 15) is 9.59 Å². The Morgan fingerprint density at radius 1 is 1.14 bits per heavy atom. The summed E-state index contributed by atoms with van der Waals surface area (Å²) in [5, 5.41) is 0. The van der Waals surface area contributed by atoms with E-state index in [2.05, 4.69) is 0 Å². The Kier molecular flexibility index (Phi) is 4.83. The van der Waals surface area contributed by atoms with E-state index < -0.39 is 0 Å². The summed E-state index contributed by atoms with van der Waals surface area (Å²) >= 11 is 0. The molecule has 1 aliphatic heterocycles. The number of aryl methyl sites for hydroxylation is 1. The number of carbonyl (C=O) groups excluding carboxylic acids is 2. The largest absolute Gasteiger partial charge is 0.399 e. The van der Waals surface area contributed by atoms with E-state index in [4.69, 9.17) is 5.73 Å². The molecule has 0 spiro atoms. The van der Waals surface area contributed by atoms with Gasteiger partial charge in [0.05, 0.1) is 0 Å². The molecule has 1 saturated heterocycles.